The van der Waals surface area contributed by atoms with Gasteiger partial charge in [-0.3, -0.25) is 0 Å². The highest BCUT2D eigenvalue weighted by Gasteiger charge is 2.46. The zero-order valence-electron chi connectivity index (χ0n) is 10.4. The average molecular weight is 298 g/mol. The van der Waals surface area contributed by atoms with Crippen LogP contribution in [0.3, 0.4) is 0 Å². The number of benzene rings is 1. The molecule has 19 heavy (non-hydrogen) atoms. The van der Waals surface area contributed by atoms with Gasteiger partial charge in [0.15, 0.2) is 0 Å². The molecule has 1 aliphatic heterocycles. The van der Waals surface area contributed by atoms with Crippen LogP contribution in [0.1, 0.15) is 11.9 Å². The van der Waals surface area contributed by atoms with E-state index in [4.69, 9.17) is 4.74 Å². The van der Waals surface area contributed by atoms with Crippen LogP contribution in [0.15, 0.2) is 24.3 Å². The Labute approximate surface area is 115 Å². The third kappa shape index (κ3) is 2.27. The molecule has 1 aromatic carbocycles. The molecule has 0 spiro atoms. The first-order valence-corrected chi connectivity index (χ1v) is 8.47. The molecule has 0 saturated carbocycles. The van der Waals surface area contributed by atoms with Gasteiger partial charge < -0.3 is 4.74 Å². The molecular formula is C12H14N2O3S2. The van der Waals surface area contributed by atoms with E-state index in [2.05, 4.69) is 9.71 Å². The van der Waals surface area contributed by atoms with Crippen molar-refractivity contribution >= 4 is 31.6 Å². The summed E-state index contributed by atoms with van der Waals surface area (Å²) in [4.78, 5) is 4.54. The quantitative estimate of drug-likeness (QED) is 0.928. The fourth-order valence-corrected chi connectivity index (χ4v) is 4.08. The fourth-order valence-electron chi connectivity index (χ4n) is 1.98. The zero-order valence-corrected chi connectivity index (χ0v) is 12.1. The number of hydrogen-bond acceptors (Lipinski definition) is 5. The van der Waals surface area contributed by atoms with Crippen LogP contribution in [0, 0.1) is 0 Å². The molecule has 0 radical (unpaired) electrons. The minimum atomic E-state index is -3.29. The van der Waals surface area contributed by atoms with Crippen molar-refractivity contribution in [2.45, 2.75) is 12.5 Å². The predicted octanol–water partition coefficient (Wildman–Crippen LogP) is 1.46. The lowest BCUT2D eigenvalue weighted by atomic mass is 10.0. The van der Waals surface area contributed by atoms with Crippen molar-refractivity contribution < 1.29 is 13.2 Å². The topological polar surface area (TPSA) is 68.3 Å². The normalized spacial score (nSPS) is 18.4. The number of ether oxygens (including phenoxy) is 1. The van der Waals surface area contributed by atoms with Crippen molar-refractivity contribution in [1.29, 1.82) is 0 Å². The number of rotatable bonds is 4. The molecule has 1 fully saturated rings. The van der Waals surface area contributed by atoms with Gasteiger partial charge in [-0.05, 0) is 19.1 Å². The van der Waals surface area contributed by atoms with E-state index in [1.807, 2.05) is 24.3 Å². The second-order valence-corrected chi connectivity index (χ2v) is 7.61. The molecule has 2 aromatic rings. The molecule has 0 atom stereocenters. The molecule has 1 aliphatic rings. The Morgan fingerprint density at radius 2 is 2.16 bits per heavy atom. The molecule has 2 heterocycles. The third-order valence-corrected chi connectivity index (χ3v) is 5.83. The zero-order chi connectivity index (χ0) is 13.5. The van der Waals surface area contributed by atoms with Crippen molar-refractivity contribution in [3.8, 4) is 0 Å². The molecule has 7 heteroatoms. The molecule has 1 aromatic heterocycles. The molecular weight excluding hydrogens is 284 g/mol. The Kier molecular flexibility index (Phi) is 3.09. The van der Waals surface area contributed by atoms with Gasteiger partial charge >= 0.3 is 0 Å². The standard InChI is InChI=1S/C12H14N2O3S2/c1-2-19(15,16)14-12(7-17-8-12)11-13-9-5-3-4-6-10(9)18-11/h3-6,14H,2,7-8H2,1H3. The van der Waals surface area contributed by atoms with E-state index >= 15 is 0 Å². The minimum Gasteiger partial charge on any atom is -0.376 e. The molecule has 0 amide bonds. The van der Waals surface area contributed by atoms with Gasteiger partial charge in [-0.2, -0.15) is 4.72 Å². The molecule has 0 unspecified atom stereocenters. The van der Waals surface area contributed by atoms with Crippen LogP contribution in [0.25, 0.3) is 10.2 Å². The second kappa shape index (κ2) is 4.52. The van der Waals surface area contributed by atoms with E-state index in [0.717, 1.165) is 15.2 Å². The largest absolute Gasteiger partial charge is 0.376 e. The van der Waals surface area contributed by atoms with E-state index < -0.39 is 15.6 Å². The van der Waals surface area contributed by atoms with Crippen molar-refractivity contribution in [1.82, 2.24) is 9.71 Å². The minimum absolute atomic E-state index is 0.0552. The van der Waals surface area contributed by atoms with E-state index in [1.165, 1.54) is 11.3 Å². The number of nitrogens with zero attached hydrogens (tertiary/aromatic N) is 1. The van der Waals surface area contributed by atoms with Crippen molar-refractivity contribution in [2.75, 3.05) is 19.0 Å². The highest BCUT2D eigenvalue weighted by atomic mass is 32.2. The van der Waals surface area contributed by atoms with Crippen LogP contribution in [-0.2, 0) is 20.3 Å². The van der Waals surface area contributed by atoms with Crippen LogP contribution in [0.5, 0.6) is 0 Å². The lowest BCUT2D eigenvalue weighted by Crippen LogP contribution is -2.59. The first-order chi connectivity index (χ1) is 9.05. The maximum atomic E-state index is 11.8. The van der Waals surface area contributed by atoms with E-state index in [0.29, 0.717) is 13.2 Å². The van der Waals surface area contributed by atoms with Gasteiger partial charge in [0.05, 0.1) is 29.2 Å². The molecule has 3 rings (SSSR count). The summed E-state index contributed by atoms with van der Waals surface area (Å²) in [6.07, 6.45) is 0. The van der Waals surface area contributed by atoms with Crippen molar-refractivity contribution in [3.63, 3.8) is 0 Å². The maximum Gasteiger partial charge on any atom is 0.212 e. The summed E-state index contributed by atoms with van der Waals surface area (Å²) in [5, 5.41) is 0.775. The molecule has 0 aliphatic carbocycles. The molecule has 0 bridgehead atoms. The SMILES string of the molecule is CCS(=O)(=O)NC1(c2nc3ccccc3s2)COC1. The summed E-state index contributed by atoms with van der Waals surface area (Å²) < 4.78 is 32.6. The van der Waals surface area contributed by atoms with E-state index in [1.54, 1.807) is 6.92 Å². The number of fused-ring (bicyclic) bond motifs is 1. The summed E-state index contributed by atoms with van der Waals surface area (Å²) in [6, 6.07) is 7.78. The molecule has 1 saturated heterocycles. The van der Waals surface area contributed by atoms with Crippen molar-refractivity contribution in [2.24, 2.45) is 0 Å². The summed E-state index contributed by atoms with van der Waals surface area (Å²) in [5.74, 6) is 0.0552. The number of para-hydroxylation sites is 1. The van der Waals surface area contributed by atoms with Gasteiger partial charge in [0.25, 0.3) is 0 Å². The summed E-state index contributed by atoms with van der Waals surface area (Å²) in [5.41, 5.74) is 0.211. The second-order valence-electron chi connectivity index (χ2n) is 4.57. The van der Waals surface area contributed by atoms with E-state index in [9.17, 15) is 8.42 Å². The lowest BCUT2D eigenvalue weighted by Gasteiger charge is -2.39. The monoisotopic (exact) mass is 298 g/mol. The number of sulfonamides is 1. The molecule has 102 valence electrons. The average Bonchev–Trinajstić information content (AvgIpc) is 2.77. The van der Waals surface area contributed by atoms with Gasteiger partial charge in [0, 0.05) is 0 Å². The predicted molar refractivity (Wildman–Crippen MR) is 74.7 cm³/mol. The van der Waals surface area contributed by atoms with Gasteiger partial charge in [-0.1, -0.05) is 12.1 Å². The van der Waals surface area contributed by atoms with Crippen LogP contribution in [0.4, 0.5) is 0 Å². The Hall–Kier alpha value is -1.02. The smallest absolute Gasteiger partial charge is 0.212 e. The van der Waals surface area contributed by atoms with Gasteiger partial charge in [0.2, 0.25) is 10.0 Å². The van der Waals surface area contributed by atoms with Crippen LogP contribution in [0.2, 0.25) is 0 Å². The summed E-state index contributed by atoms with van der Waals surface area (Å²) >= 11 is 1.51. The molecule has 1 N–H and O–H groups in total. The number of nitrogens with one attached hydrogen (secondary N) is 1. The number of thiazole rings is 1. The third-order valence-electron chi connectivity index (χ3n) is 3.13. The number of aromatic nitrogens is 1. The first kappa shape index (κ1) is 13.0. The number of hydrogen-bond donors (Lipinski definition) is 1. The lowest BCUT2D eigenvalue weighted by molar-refractivity contribution is -0.0663. The highest BCUT2D eigenvalue weighted by molar-refractivity contribution is 7.89. The van der Waals surface area contributed by atoms with Crippen molar-refractivity contribution in [3.05, 3.63) is 29.3 Å². The van der Waals surface area contributed by atoms with Gasteiger partial charge in [0.1, 0.15) is 10.5 Å². The first-order valence-electron chi connectivity index (χ1n) is 6.00. The maximum absolute atomic E-state index is 11.8. The molecule has 5 nitrogen and oxygen atoms in total. The van der Waals surface area contributed by atoms with Crippen LogP contribution < -0.4 is 4.72 Å². The highest BCUT2D eigenvalue weighted by Crippen LogP contribution is 2.35. The Balaban J connectivity index is 2.02. The van der Waals surface area contributed by atoms with Gasteiger partial charge in [-0.15, -0.1) is 11.3 Å². The Bertz CT molecular complexity index is 672. The summed E-state index contributed by atoms with van der Waals surface area (Å²) in [7, 11) is -3.29. The Morgan fingerprint density at radius 3 is 2.74 bits per heavy atom. The summed E-state index contributed by atoms with van der Waals surface area (Å²) in [6.45, 7) is 2.30. The van der Waals surface area contributed by atoms with Crippen LogP contribution >= 0.6 is 11.3 Å². The van der Waals surface area contributed by atoms with Gasteiger partial charge in [-0.25, -0.2) is 13.4 Å². The van der Waals surface area contributed by atoms with Crippen LogP contribution in [-0.4, -0.2) is 32.4 Å². The fraction of sp³-hybridized carbons (Fsp3) is 0.417. The Morgan fingerprint density at radius 1 is 1.42 bits per heavy atom. The van der Waals surface area contributed by atoms with E-state index in [-0.39, 0.29) is 5.75 Å².